The van der Waals surface area contributed by atoms with E-state index in [2.05, 4.69) is 20.4 Å². The minimum Gasteiger partial charge on any atom is -0.368 e. The largest absolute Gasteiger partial charge is 0.368 e. The fraction of sp³-hybridized carbons (Fsp3) is 0. The van der Waals surface area contributed by atoms with Crippen molar-refractivity contribution in [3.8, 4) is 5.82 Å². The number of ketones is 1. The van der Waals surface area contributed by atoms with Crippen molar-refractivity contribution in [3.05, 3.63) is 90.1 Å². The Morgan fingerprint density at radius 3 is 2.30 bits per heavy atom. The van der Waals surface area contributed by atoms with Crippen LogP contribution >= 0.6 is 0 Å². The van der Waals surface area contributed by atoms with Crippen molar-refractivity contribution in [1.82, 2.24) is 19.7 Å². The molecule has 0 atom stereocenters. The fourth-order valence-electron chi connectivity index (χ4n) is 2.61. The molecule has 0 saturated carbocycles. The summed E-state index contributed by atoms with van der Waals surface area (Å²) >= 11 is 0. The SMILES string of the molecule is Nc1nc(Nc2ccc(C(=O)c3ccccc3)cc2)nn1-c1ccccn1. The summed E-state index contributed by atoms with van der Waals surface area (Å²) < 4.78 is 1.45. The lowest BCUT2D eigenvalue weighted by Crippen LogP contribution is -2.04. The summed E-state index contributed by atoms with van der Waals surface area (Å²) in [6.07, 6.45) is 1.66. The Morgan fingerprint density at radius 2 is 1.59 bits per heavy atom. The lowest BCUT2D eigenvalue weighted by molar-refractivity contribution is 0.103. The first-order valence-electron chi connectivity index (χ1n) is 8.31. The lowest BCUT2D eigenvalue weighted by atomic mass is 10.0. The van der Waals surface area contributed by atoms with E-state index in [-0.39, 0.29) is 11.7 Å². The maximum Gasteiger partial charge on any atom is 0.248 e. The highest BCUT2D eigenvalue weighted by Gasteiger charge is 2.11. The highest BCUT2D eigenvalue weighted by molar-refractivity contribution is 6.09. The van der Waals surface area contributed by atoms with E-state index in [0.29, 0.717) is 22.9 Å². The molecular formula is C20H16N6O. The van der Waals surface area contributed by atoms with Gasteiger partial charge in [0.1, 0.15) is 0 Å². The normalized spacial score (nSPS) is 10.5. The standard InChI is InChI=1S/C20H16N6O/c21-19-24-20(25-26(19)17-8-4-5-13-22-17)23-16-11-9-15(10-12-16)18(27)14-6-2-1-3-7-14/h1-13H,(H3,21,23,24,25). The maximum absolute atomic E-state index is 12.4. The molecule has 7 heteroatoms. The molecule has 132 valence electrons. The molecule has 2 aromatic heterocycles. The molecule has 4 rings (SSSR count). The van der Waals surface area contributed by atoms with Crippen LogP contribution < -0.4 is 11.1 Å². The smallest absolute Gasteiger partial charge is 0.248 e. The van der Waals surface area contributed by atoms with Crippen molar-refractivity contribution in [2.75, 3.05) is 11.1 Å². The molecule has 0 amide bonds. The van der Waals surface area contributed by atoms with Gasteiger partial charge in [-0.05, 0) is 36.4 Å². The van der Waals surface area contributed by atoms with Crippen LogP contribution in [-0.2, 0) is 0 Å². The number of aromatic nitrogens is 4. The van der Waals surface area contributed by atoms with Crippen molar-refractivity contribution in [2.45, 2.75) is 0 Å². The van der Waals surface area contributed by atoms with Crippen LogP contribution in [0.3, 0.4) is 0 Å². The molecule has 2 heterocycles. The van der Waals surface area contributed by atoms with Gasteiger partial charge in [0, 0.05) is 23.0 Å². The molecule has 0 fully saturated rings. The predicted octanol–water partition coefficient (Wildman–Crippen LogP) is 3.22. The first-order chi connectivity index (χ1) is 13.2. The molecule has 0 saturated heterocycles. The number of nitrogens with two attached hydrogens (primary N) is 1. The van der Waals surface area contributed by atoms with E-state index >= 15 is 0 Å². The molecule has 0 radical (unpaired) electrons. The van der Waals surface area contributed by atoms with Crippen LogP contribution in [0.1, 0.15) is 15.9 Å². The van der Waals surface area contributed by atoms with Crippen LogP contribution in [0.15, 0.2) is 79.0 Å². The average Bonchev–Trinajstić information content (AvgIpc) is 3.09. The average molecular weight is 356 g/mol. The van der Waals surface area contributed by atoms with Gasteiger partial charge in [-0.2, -0.15) is 9.67 Å². The number of hydrogen-bond acceptors (Lipinski definition) is 6. The van der Waals surface area contributed by atoms with Crippen LogP contribution in [0.25, 0.3) is 5.82 Å². The van der Waals surface area contributed by atoms with Gasteiger partial charge < -0.3 is 11.1 Å². The Balaban J connectivity index is 1.52. The third-order valence-electron chi connectivity index (χ3n) is 3.94. The van der Waals surface area contributed by atoms with Crippen molar-refractivity contribution in [3.63, 3.8) is 0 Å². The third kappa shape index (κ3) is 3.52. The Kier molecular flexibility index (Phi) is 4.32. The van der Waals surface area contributed by atoms with Crippen molar-refractivity contribution < 1.29 is 4.79 Å². The van der Waals surface area contributed by atoms with E-state index in [4.69, 9.17) is 5.73 Å². The second-order valence-electron chi connectivity index (χ2n) is 5.79. The molecule has 0 aliphatic carbocycles. The van der Waals surface area contributed by atoms with Crippen LogP contribution in [0.4, 0.5) is 17.6 Å². The van der Waals surface area contributed by atoms with Crippen LogP contribution in [0.5, 0.6) is 0 Å². The van der Waals surface area contributed by atoms with Crippen molar-refractivity contribution >= 4 is 23.4 Å². The van der Waals surface area contributed by atoms with Gasteiger partial charge in [-0.25, -0.2) is 4.98 Å². The second-order valence-corrected chi connectivity index (χ2v) is 5.79. The summed E-state index contributed by atoms with van der Waals surface area (Å²) in [4.78, 5) is 20.9. The molecule has 0 aliphatic rings. The number of benzene rings is 2. The van der Waals surface area contributed by atoms with E-state index in [0.717, 1.165) is 5.69 Å². The molecule has 27 heavy (non-hydrogen) atoms. The molecule has 0 aliphatic heterocycles. The van der Waals surface area contributed by atoms with Gasteiger partial charge >= 0.3 is 0 Å². The number of nitrogens with zero attached hydrogens (tertiary/aromatic N) is 4. The number of hydrogen-bond donors (Lipinski definition) is 2. The Bertz CT molecular complexity index is 1060. The van der Waals surface area contributed by atoms with Crippen LogP contribution in [0, 0.1) is 0 Å². The first-order valence-corrected chi connectivity index (χ1v) is 8.31. The summed E-state index contributed by atoms with van der Waals surface area (Å²) in [5, 5.41) is 7.40. The monoisotopic (exact) mass is 356 g/mol. The Hall–Kier alpha value is -4.00. The van der Waals surface area contributed by atoms with Crippen molar-refractivity contribution in [1.29, 1.82) is 0 Å². The van der Waals surface area contributed by atoms with Crippen LogP contribution in [0.2, 0.25) is 0 Å². The zero-order valence-corrected chi connectivity index (χ0v) is 14.3. The second kappa shape index (κ2) is 7.09. The summed E-state index contributed by atoms with van der Waals surface area (Å²) in [6.45, 7) is 0. The van der Waals surface area contributed by atoms with Gasteiger partial charge in [0.2, 0.25) is 11.9 Å². The summed E-state index contributed by atoms with van der Waals surface area (Å²) in [7, 11) is 0. The molecule has 3 N–H and O–H groups in total. The highest BCUT2D eigenvalue weighted by atomic mass is 16.1. The number of anilines is 3. The maximum atomic E-state index is 12.4. The Morgan fingerprint density at radius 1 is 0.889 bits per heavy atom. The molecule has 0 bridgehead atoms. The number of nitrogen functional groups attached to an aromatic ring is 1. The predicted molar refractivity (Wildman–Crippen MR) is 103 cm³/mol. The molecule has 7 nitrogen and oxygen atoms in total. The summed E-state index contributed by atoms with van der Waals surface area (Å²) in [6, 6.07) is 21.7. The third-order valence-corrected chi connectivity index (χ3v) is 3.94. The summed E-state index contributed by atoms with van der Waals surface area (Å²) in [5.74, 6) is 1.13. The van der Waals surface area contributed by atoms with E-state index < -0.39 is 0 Å². The van der Waals surface area contributed by atoms with Gasteiger partial charge in [0.25, 0.3) is 0 Å². The minimum absolute atomic E-state index is 0.0241. The van der Waals surface area contributed by atoms with Crippen LogP contribution in [-0.4, -0.2) is 25.5 Å². The molecule has 0 spiro atoms. The number of carbonyl (C=O) groups excluding carboxylic acids is 1. The number of nitrogens with one attached hydrogen (secondary N) is 1. The van der Waals surface area contributed by atoms with Gasteiger partial charge in [-0.3, -0.25) is 4.79 Å². The van der Waals surface area contributed by atoms with Gasteiger partial charge in [-0.1, -0.05) is 36.4 Å². The zero-order valence-electron chi connectivity index (χ0n) is 14.3. The van der Waals surface area contributed by atoms with E-state index in [9.17, 15) is 4.79 Å². The van der Waals surface area contributed by atoms with Gasteiger partial charge in [0.15, 0.2) is 11.6 Å². The fourth-order valence-corrected chi connectivity index (χ4v) is 2.61. The van der Waals surface area contributed by atoms with E-state index in [1.807, 2.05) is 30.3 Å². The number of pyridine rings is 1. The quantitative estimate of drug-likeness (QED) is 0.533. The summed E-state index contributed by atoms with van der Waals surface area (Å²) in [5.41, 5.74) is 7.93. The number of rotatable bonds is 5. The minimum atomic E-state index is -0.0241. The molecule has 0 unspecified atom stereocenters. The molecule has 2 aromatic carbocycles. The van der Waals surface area contributed by atoms with Gasteiger partial charge in [-0.15, -0.1) is 5.10 Å². The van der Waals surface area contributed by atoms with Gasteiger partial charge in [0.05, 0.1) is 0 Å². The topological polar surface area (TPSA) is 98.7 Å². The van der Waals surface area contributed by atoms with E-state index in [1.165, 1.54) is 4.68 Å². The lowest BCUT2D eigenvalue weighted by Gasteiger charge is -2.04. The zero-order chi connectivity index (χ0) is 18.6. The molecular weight excluding hydrogens is 340 g/mol. The first kappa shape index (κ1) is 16.5. The van der Waals surface area contributed by atoms with Crippen molar-refractivity contribution in [2.24, 2.45) is 0 Å². The number of carbonyl (C=O) groups is 1. The van der Waals surface area contributed by atoms with E-state index in [1.54, 1.807) is 48.7 Å². The highest BCUT2D eigenvalue weighted by Crippen LogP contribution is 2.18. The Labute approximate surface area is 155 Å². The molecule has 4 aromatic rings.